The van der Waals surface area contributed by atoms with Crippen LogP contribution in [-0.4, -0.2) is 93.1 Å². The van der Waals surface area contributed by atoms with E-state index in [1.54, 1.807) is 0 Å². The summed E-state index contributed by atoms with van der Waals surface area (Å²) in [6.07, 6.45) is -0.215. The highest BCUT2D eigenvalue weighted by Crippen LogP contribution is 2.26. The van der Waals surface area contributed by atoms with Crippen LogP contribution in [-0.2, 0) is 19.2 Å². The van der Waals surface area contributed by atoms with Crippen LogP contribution >= 0.6 is 0 Å². The molecule has 10 heteroatoms. The van der Waals surface area contributed by atoms with Crippen molar-refractivity contribution < 1.29 is 29.4 Å². The number of hydrogen-bond acceptors (Lipinski definition) is 6. The fraction of sp³-hybridized carbons (Fsp3) is 0.778. The van der Waals surface area contributed by atoms with Crippen LogP contribution in [0.25, 0.3) is 0 Å². The van der Waals surface area contributed by atoms with Gasteiger partial charge in [0.2, 0.25) is 23.6 Å². The van der Waals surface area contributed by atoms with Gasteiger partial charge in [0.1, 0.15) is 24.2 Å². The van der Waals surface area contributed by atoms with Gasteiger partial charge in [0.25, 0.3) is 0 Å². The monoisotopic (exact) mass is 396 g/mol. The highest BCUT2D eigenvalue weighted by Gasteiger charge is 2.46. The molecule has 3 saturated heterocycles. The molecule has 0 aliphatic carbocycles. The molecule has 28 heavy (non-hydrogen) atoms. The molecule has 3 fully saturated rings. The highest BCUT2D eigenvalue weighted by molar-refractivity contribution is 5.98. The van der Waals surface area contributed by atoms with Crippen LogP contribution in [0.3, 0.4) is 0 Å². The summed E-state index contributed by atoms with van der Waals surface area (Å²) in [7, 11) is 0. The van der Waals surface area contributed by atoms with Crippen molar-refractivity contribution in [1.29, 1.82) is 0 Å². The lowest BCUT2D eigenvalue weighted by Crippen LogP contribution is -2.64. The molecule has 4 N–H and O–H groups in total. The molecular weight excluding hydrogens is 368 g/mol. The van der Waals surface area contributed by atoms with Crippen LogP contribution in [0.15, 0.2) is 0 Å². The lowest BCUT2D eigenvalue weighted by atomic mass is 10.0. The normalized spacial score (nSPS) is 34.0. The molecule has 3 aliphatic rings. The average molecular weight is 396 g/mol. The van der Waals surface area contributed by atoms with Crippen LogP contribution < -0.4 is 10.6 Å². The number of hydrogen-bond donors (Lipinski definition) is 4. The lowest BCUT2D eigenvalue weighted by Gasteiger charge is -2.35. The average Bonchev–Trinajstić information content (AvgIpc) is 3.30. The number of nitrogens with one attached hydrogen (secondary N) is 2. The first-order valence-electron chi connectivity index (χ1n) is 9.80. The summed E-state index contributed by atoms with van der Waals surface area (Å²) in [6.45, 7) is 3.47. The fourth-order valence-electron chi connectivity index (χ4n) is 4.25. The van der Waals surface area contributed by atoms with Gasteiger partial charge in [-0.3, -0.25) is 19.2 Å². The molecule has 0 radical (unpaired) electrons. The van der Waals surface area contributed by atoms with Crippen molar-refractivity contribution in [3.8, 4) is 0 Å². The maximum Gasteiger partial charge on any atom is 0.248 e. The highest BCUT2D eigenvalue weighted by atomic mass is 16.3. The number of fused-ring (bicyclic) bond motifs is 2. The molecule has 0 spiro atoms. The molecule has 156 valence electrons. The Labute approximate surface area is 163 Å². The van der Waals surface area contributed by atoms with Gasteiger partial charge in [-0.25, -0.2) is 0 Å². The Morgan fingerprint density at radius 3 is 1.86 bits per heavy atom. The predicted molar refractivity (Wildman–Crippen MR) is 96.7 cm³/mol. The van der Waals surface area contributed by atoms with E-state index in [0.717, 1.165) is 0 Å². The van der Waals surface area contributed by atoms with Crippen LogP contribution in [0.1, 0.15) is 39.5 Å². The summed E-state index contributed by atoms with van der Waals surface area (Å²) in [5, 5.41) is 25.0. The number of nitrogens with zero attached hydrogens (tertiary/aromatic N) is 2. The molecule has 0 aromatic carbocycles. The zero-order valence-corrected chi connectivity index (χ0v) is 16.1. The topological polar surface area (TPSA) is 139 Å². The maximum atomic E-state index is 13.1. The van der Waals surface area contributed by atoms with E-state index in [1.807, 2.05) is 0 Å². The minimum absolute atomic E-state index is 0.284. The van der Waals surface area contributed by atoms with Crippen molar-refractivity contribution in [3.05, 3.63) is 0 Å². The van der Waals surface area contributed by atoms with E-state index in [-0.39, 0.29) is 5.91 Å². The van der Waals surface area contributed by atoms with Crippen LogP contribution in [0.2, 0.25) is 0 Å². The summed E-state index contributed by atoms with van der Waals surface area (Å²) in [5.74, 6) is -2.08. The van der Waals surface area contributed by atoms with E-state index in [2.05, 4.69) is 10.6 Å². The van der Waals surface area contributed by atoms with Gasteiger partial charge in [0.15, 0.2) is 0 Å². The molecule has 6 atom stereocenters. The van der Waals surface area contributed by atoms with E-state index in [0.29, 0.717) is 38.8 Å². The molecule has 3 rings (SSSR count). The minimum atomic E-state index is -1.30. The minimum Gasteiger partial charge on any atom is -0.391 e. The van der Waals surface area contributed by atoms with Crippen molar-refractivity contribution in [2.45, 2.75) is 75.9 Å². The van der Waals surface area contributed by atoms with Crippen molar-refractivity contribution in [1.82, 2.24) is 20.4 Å². The van der Waals surface area contributed by atoms with Gasteiger partial charge >= 0.3 is 0 Å². The zero-order valence-electron chi connectivity index (χ0n) is 16.1. The van der Waals surface area contributed by atoms with Crippen LogP contribution in [0, 0.1) is 0 Å². The van der Waals surface area contributed by atoms with Crippen molar-refractivity contribution in [3.63, 3.8) is 0 Å². The Bertz CT molecular complexity index is 662. The quantitative estimate of drug-likeness (QED) is 0.414. The van der Waals surface area contributed by atoms with Gasteiger partial charge in [-0.1, -0.05) is 0 Å². The SMILES string of the molecule is CC(O)C1NC(=O)C2CCCN2C(=O)C2CCCN2C(=O)C(C(C)O)NC1=O. The van der Waals surface area contributed by atoms with Gasteiger partial charge in [-0.15, -0.1) is 0 Å². The second kappa shape index (κ2) is 8.04. The Balaban J connectivity index is 1.99. The molecule has 0 aromatic heterocycles. The lowest BCUT2D eigenvalue weighted by molar-refractivity contribution is -0.151. The summed E-state index contributed by atoms with van der Waals surface area (Å²) in [6, 6.07) is -4.00. The van der Waals surface area contributed by atoms with Crippen molar-refractivity contribution in [2.75, 3.05) is 13.1 Å². The first-order chi connectivity index (χ1) is 13.2. The van der Waals surface area contributed by atoms with E-state index in [4.69, 9.17) is 0 Å². The molecule has 10 nitrogen and oxygen atoms in total. The zero-order chi connectivity index (χ0) is 20.6. The summed E-state index contributed by atoms with van der Waals surface area (Å²) in [5.41, 5.74) is 0. The van der Waals surface area contributed by atoms with Crippen molar-refractivity contribution >= 4 is 23.6 Å². The number of rotatable bonds is 2. The Morgan fingerprint density at radius 1 is 0.786 bits per heavy atom. The summed E-state index contributed by atoms with van der Waals surface area (Å²) >= 11 is 0. The van der Waals surface area contributed by atoms with E-state index < -0.39 is 54.1 Å². The first kappa shape index (κ1) is 20.5. The van der Waals surface area contributed by atoms with Gasteiger partial charge in [-0.2, -0.15) is 0 Å². The van der Waals surface area contributed by atoms with E-state index in [9.17, 15) is 29.4 Å². The largest absolute Gasteiger partial charge is 0.391 e. The van der Waals surface area contributed by atoms with Crippen molar-refractivity contribution in [2.24, 2.45) is 0 Å². The van der Waals surface area contributed by atoms with Gasteiger partial charge < -0.3 is 30.6 Å². The predicted octanol–water partition coefficient (Wildman–Crippen LogP) is -2.29. The fourth-order valence-corrected chi connectivity index (χ4v) is 4.25. The van der Waals surface area contributed by atoms with Crippen LogP contribution in [0.5, 0.6) is 0 Å². The second-order valence-electron chi connectivity index (χ2n) is 7.83. The van der Waals surface area contributed by atoms with Gasteiger partial charge in [-0.05, 0) is 39.5 Å². The Kier molecular flexibility index (Phi) is 5.90. The second-order valence-corrected chi connectivity index (χ2v) is 7.83. The third kappa shape index (κ3) is 3.70. The number of amides is 4. The number of aliphatic hydroxyl groups excluding tert-OH is 2. The molecule has 3 heterocycles. The third-order valence-electron chi connectivity index (χ3n) is 5.77. The van der Waals surface area contributed by atoms with Gasteiger partial charge in [0, 0.05) is 13.1 Å². The molecule has 0 bridgehead atoms. The van der Waals surface area contributed by atoms with Crippen LogP contribution in [0.4, 0.5) is 0 Å². The Morgan fingerprint density at radius 2 is 1.29 bits per heavy atom. The van der Waals surface area contributed by atoms with E-state index in [1.165, 1.54) is 23.6 Å². The smallest absolute Gasteiger partial charge is 0.248 e. The molecule has 6 unspecified atom stereocenters. The molecule has 0 saturated carbocycles. The summed E-state index contributed by atoms with van der Waals surface area (Å²) < 4.78 is 0. The molecular formula is C18H28N4O6. The third-order valence-corrected chi connectivity index (χ3v) is 5.77. The molecule has 0 aromatic rings. The Hall–Kier alpha value is -2.20. The van der Waals surface area contributed by atoms with E-state index >= 15 is 0 Å². The molecule has 4 amide bonds. The van der Waals surface area contributed by atoms with Gasteiger partial charge in [0.05, 0.1) is 12.2 Å². The first-order valence-corrected chi connectivity index (χ1v) is 9.80. The number of carbonyl (C=O) groups is 4. The molecule has 3 aliphatic heterocycles. The summed E-state index contributed by atoms with van der Waals surface area (Å²) in [4.78, 5) is 54.5. The number of aliphatic hydroxyl groups is 2. The number of carbonyl (C=O) groups excluding carboxylic acids is 4. The standard InChI is InChI=1S/C18H28N4O6/c1-9(23)13-16(26)20-14(10(2)24)18(28)22-8-4-6-12(22)17(27)21-7-3-5-11(21)15(25)19-13/h9-14,23-24H,3-8H2,1-2H3,(H,19,25)(H,20,26). The maximum absolute atomic E-state index is 13.1.